The van der Waals surface area contributed by atoms with Gasteiger partial charge in [-0.25, -0.2) is 4.79 Å². The van der Waals surface area contributed by atoms with Crippen LogP contribution in [0.15, 0.2) is 62.4 Å². The number of carbonyl (C=O) groups is 1. The molecule has 2 heterocycles. The van der Waals surface area contributed by atoms with Crippen molar-refractivity contribution >= 4 is 11.6 Å². The predicted octanol–water partition coefficient (Wildman–Crippen LogP) is 2.15. The van der Waals surface area contributed by atoms with Crippen molar-refractivity contribution in [2.24, 2.45) is 0 Å². The fourth-order valence-electron chi connectivity index (χ4n) is 2.23. The molecule has 0 radical (unpaired) electrons. The van der Waals surface area contributed by atoms with Crippen LogP contribution in [-0.4, -0.2) is 22.2 Å². The minimum absolute atomic E-state index is 0.0514. The van der Waals surface area contributed by atoms with Gasteiger partial charge in [0.2, 0.25) is 5.91 Å². The SMILES string of the molecule is CCN(C(=O)Cn1nc(-c2ccco2)oc1=O)c1ccccc1. The van der Waals surface area contributed by atoms with Gasteiger partial charge in [0, 0.05) is 12.2 Å². The topological polar surface area (TPSA) is 81.5 Å². The van der Waals surface area contributed by atoms with Gasteiger partial charge in [-0.1, -0.05) is 18.2 Å². The average Bonchev–Trinajstić information content (AvgIpc) is 3.20. The van der Waals surface area contributed by atoms with Gasteiger partial charge in [-0.05, 0) is 31.2 Å². The normalized spacial score (nSPS) is 10.7. The molecule has 1 aromatic carbocycles. The van der Waals surface area contributed by atoms with Crippen LogP contribution in [0.5, 0.6) is 0 Å². The number of furan rings is 1. The molecule has 2 aromatic heterocycles. The maximum atomic E-state index is 12.5. The molecule has 0 atom stereocenters. The Kier molecular flexibility index (Phi) is 4.09. The van der Waals surface area contributed by atoms with Crippen molar-refractivity contribution in [3.63, 3.8) is 0 Å². The summed E-state index contributed by atoms with van der Waals surface area (Å²) >= 11 is 0. The Bertz CT molecular complexity index is 834. The minimum atomic E-state index is -0.700. The monoisotopic (exact) mass is 313 g/mol. The molecule has 0 spiro atoms. The molecule has 1 amide bonds. The molecule has 3 aromatic rings. The average molecular weight is 313 g/mol. The molecule has 7 heteroatoms. The van der Waals surface area contributed by atoms with E-state index in [0.717, 1.165) is 10.4 Å². The lowest BCUT2D eigenvalue weighted by Crippen LogP contribution is -2.36. The summed E-state index contributed by atoms with van der Waals surface area (Å²) in [5, 5.41) is 4.00. The summed E-state index contributed by atoms with van der Waals surface area (Å²) in [5.74, 6) is -0.562. The Labute approximate surface area is 131 Å². The maximum Gasteiger partial charge on any atom is 0.437 e. The van der Waals surface area contributed by atoms with Crippen LogP contribution in [0.4, 0.5) is 5.69 Å². The van der Waals surface area contributed by atoms with Crippen molar-refractivity contribution in [2.75, 3.05) is 11.4 Å². The van der Waals surface area contributed by atoms with E-state index in [2.05, 4.69) is 5.10 Å². The van der Waals surface area contributed by atoms with Crippen molar-refractivity contribution in [1.82, 2.24) is 9.78 Å². The van der Waals surface area contributed by atoms with Gasteiger partial charge in [-0.2, -0.15) is 4.68 Å². The van der Waals surface area contributed by atoms with Crippen LogP contribution in [0.25, 0.3) is 11.7 Å². The van der Waals surface area contributed by atoms with Crippen LogP contribution in [-0.2, 0) is 11.3 Å². The van der Waals surface area contributed by atoms with Crippen LogP contribution in [0.1, 0.15) is 6.92 Å². The first-order valence-electron chi connectivity index (χ1n) is 7.16. The van der Waals surface area contributed by atoms with Crippen LogP contribution in [0.2, 0.25) is 0 Å². The molecule has 0 fully saturated rings. The Balaban J connectivity index is 1.81. The molecular weight excluding hydrogens is 298 g/mol. The predicted molar refractivity (Wildman–Crippen MR) is 82.9 cm³/mol. The molecule has 118 valence electrons. The van der Waals surface area contributed by atoms with Gasteiger partial charge < -0.3 is 13.7 Å². The highest BCUT2D eigenvalue weighted by molar-refractivity contribution is 5.93. The number of hydrogen-bond acceptors (Lipinski definition) is 5. The molecule has 0 aliphatic heterocycles. The number of aromatic nitrogens is 2. The minimum Gasteiger partial charge on any atom is -0.459 e. The second-order valence-corrected chi connectivity index (χ2v) is 4.78. The number of nitrogens with zero attached hydrogens (tertiary/aromatic N) is 3. The van der Waals surface area contributed by atoms with E-state index < -0.39 is 5.76 Å². The summed E-state index contributed by atoms with van der Waals surface area (Å²) < 4.78 is 11.1. The maximum absolute atomic E-state index is 12.5. The van der Waals surface area contributed by atoms with Crippen molar-refractivity contribution in [2.45, 2.75) is 13.5 Å². The van der Waals surface area contributed by atoms with Gasteiger partial charge in [0.15, 0.2) is 5.76 Å². The van der Waals surface area contributed by atoms with E-state index in [4.69, 9.17) is 8.83 Å². The third-order valence-electron chi connectivity index (χ3n) is 3.31. The fourth-order valence-corrected chi connectivity index (χ4v) is 2.23. The molecule has 0 aliphatic carbocycles. The number of rotatable bonds is 5. The molecule has 0 saturated heterocycles. The molecule has 0 bridgehead atoms. The molecule has 0 saturated carbocycles. The van der Waals surface area contributed by atoms with Crippen molar-refractivity contribution in [3.8, 4) is 11.7 Å². The van der Waals surface area contributed by atoms with Crippen LogP contribution >= 0.6 is 0 Å². The lowest BCUT2D eigenvalue weighted by Gasteiger charge is -2.20. The second-order valence-electron chi connectivity index (χ2n) is 4.78. The van der Waals surface area contributed by atoms with Crippen LogP contribution in [0.3, 0.4) is 0 Å². The van der Waals surface area contributed by atoms with Gasteiger partial charge in [0.25, 0.3) is 5.89 Å². The lowest BCUT2D eigenvalue weighted by atomic mass is 10.3. The van der Waals surface area contributed by atoms with E-state index in [1.54, 1.807) is 17.0 Å². The number of para-hydroxylation sites is 1. The number of anilines is 1. The van der Waals surface area contributed by atoms with Crippen molar-refractivity contribution < 1.29 is 13.6 Å². The van der Waals surface area contributed by atoms with Gasteiger partial charge in [0.05, 0.1) is 6.26 Å². The Morgan fingerprint density at radius 2 is 2.00 bits per heavy atom. The zero-order chi connectivity index (χ0) is 16.2. The number of amides is 1. The Morgan fingerprint density at radius 3 is 2.65 bits per heavy atom. The highest BCUT2D eigenvalue weighted by atomic mass is 16.4. The molecule has 23 heavy (non-hydrogen) atoms. The molecular formula is C16H15N3O4. The first kappa shape index (κ1) is 14.8. The molecule has 0 N–H and O–H groups in total. The van der Waals surface area contributed by atoms with Gasteiger partial charge in [0.1, 0.15) is 6.54 Å². The molecule has 3 rings (SSSR count). The Hall–Kier alpha value is -3.09. The largest absolute Gasteiger partial charge is 0.459 e. The third-order valence-corrected chi connectivity index (χ3v) is 3.31. The zero-order valence-electron chi connectivity index (χ0n) is 12.5. The highest BCUT2D eigenvalue weighted by Gasteiger charge is 2.19. The number of carbonyl (C=O) groups excluding carboxylic acids is 1. The molecule has 7 nitrogen and oxygen atoms in total. The smallest absolute Gasteiger partial charge is 0.437 e. The van der Waals surface area contributed by atoms with E-state index >= 15 is 0 Å². The van der Waals surface area contributed by atoms with E-state index in [9.17, 15) is 9.59 Å². The van der Waals surface area contributed by atoms with Crippen LogP contribution < -0.4 is 10.7 Å². The van der Waals surface area contributed by atoms with Gasteiger partial charge >= 0.3 is 5.76 Å². The number of benzene rings is 1. The van der Waals surface area contributed by atoms with Crippen molar-refractivity contribution in [3.05, 3.63) is 59.3 Å². The second kappa shape index (κ2) is 6.35. The standard InChI is InChI=1S/C16H15N3O4/c1-2-18(12-7-4-3-5-8-12)14(20)11-19-16(21)23-15(17-19)13-9-6-10-22-13/h3-10H,2,11H2,1H3. The third kappa shape index (κ3) is 3.08. The van der Waals surface area contributed by atoms with Crippen LogP contribution in [0, 0.1) is 0 Å². The van der Waals surface area contributed by atoms with Gasteiger partial charge in [-0.15, -0.1) is 5.10 Å². The lowest BCUT2D eigenvalue weighted by molar-refractivity contribution is -0.119. The summed E-state index contributed by atoms with van der Waals surface area (Å²) in [6.07, 6.45) is 1.45. The van der Waals surface area contributed by atoms with E-state index in [1.807, 2.05) is 37.3 Å². The summed E-state index contributed by atoms with van der Waals surface area (Å²) in [6.45, 7) is 2.15. The zero-order valence-corrected chi connectivity index (χ0v) is 12.5. The first-order valence-corrected chi connectivity index (χ1v) is 7.16. The fraction of sp³-hybridized carbons (Fsp3) is 0.188. The van der Waals surface area contributed by atoms with Crippen molar-refractivity contribution in [1.29, 1.82) is 0 Å². The summed E-state index contributed by atoms with van der Waals surface area (Å²) in [6, 6.07) is 12.5. The molecule has 0 unspecified atom stereocenters. The summed E-state index contributed by atoms with van der Waals surface area (Å²) in [4.78, 5) is 25.9. The number of hydrogen-bond donors (Lipinski definition) is 0. The molecule has 0 aliphatic rings. The summed E-state index contributed by atoms with van der Waals surface area (Å²) in [5.41, 5.74) is 0.766. The van der Waals surface area contributed by atoms with E-state index in [1.165, 1.54) is 6.26 Å². The van der Waals surface area contributed by atoms with E-state index in [0.29, 0.717) is 12.3 Å². The van der Waals surface area contributed by atoms with E-state index in [-0.39, 0.29) is 18.3 Å². The Morgan fingerprint density at radius 1 is 1.22 bits per heavy atom. The van der Waals surface area contributed by atoms with Gasteiger partial charge in [-0.3, -0.25) is 4.79 Å². The first-order chi connectivity index (χ1) is 11.2. The number of likely N-dealkylation sites (N-methyl/N-ethyl adjacent to an activating group) is 1. The summed E-state index contributed by atoms with van der Waals surface area (Å²) in [7, 11) is 0. The highest BCUT2D eigenvalue weighted by Crippen LogP contribution is 2.16. The quantitative estimate of drug-likeness (QED) is 0.721.